The Kier molecular flexibility index (Phi) is 4.01. The minimum Gasteiger partial charge on any atom is -0.375 e. The molecule has 23 heavy (non-hydrogen) atoms. The standard InChI is InChI=1S/C19H19NO3/c1-14(21)13-19(23)16-9-5-6-10-17(16)20(18(19)22)12-11-15-7-3-2-4-8-15/h2-10,23H,11-13H2,1H3. The molecule has 0 aromatic heterocycles. The van der Waals surface area contributed by atoms with Crippen molar-refractivity contribution in [3.8, 4) is 0 Å². The van der Waals surface area contributed by atoms with Gasteiger partial charge in [0.1, 0.15) is 5.78 Å². The maximum Gasteiger partial charge on any atom is 0.264 e. The van der Waals surface area contributed by atoms with E-state index in [2.05, 4.69) is 0 Å². The maximum atomic E-state index is 12.8. The van der Waals surface area contributed by atoms with Crippen LogP contribution in [-0.2, 0) is 21.6 Å². The molecule has 0 radical (unpaired) electrons. The van der Waals surface area contributed by atoms with Gasteiger partial charge in [0.25, 0.3) is 5.91 Å². The summed E-state index contributed by atoms with van der Waals surface area (Å²) in [6.45, 7) is 1.86. The molecule has 2 aromatic rings. The Hall–Kier alpha value is -2.46. The van der Waals surface area contributed by atoms with E-state index < -0.39 is 11.5 Å². The van der Waals surface area contributed by atoms with Gasteiger partial charge in [-0.25, -0.2) is 0 Å². The number of Topliss-reactive ketones (excluding diaryl/α,β-unsaturated/α-hetero) is 1. The number of hydrogen-bond donors (Lipinski definition) is 1. The van der Waals surface area contributed by atoms with Gasteiger partial charge in [0.15, 0.2) is 5.60 Å². The highest BCUT2D eigenvalue weighted by molar-refractivity contribution is 6.08. The molecular formula is C19H19NO3. The van der Waals surface area contributed by atoms with Crippen LogP contribution in [0.4, 0.5) is 5.69 Å². The number of anilines is 1. The van der Waals surface area contributed by atoms with E-state index in [1.807, 2.05) is 42.5 Å². The molecular weight excluding hydrogens is 290 g/mol. The van der Waals surface area contributed by atoms with Crippen LogP contribution < -0.4 is 4.90 Å². The second-order valence-electron chi connectivity index (χ2n) is 5.95. The first-order valence-corrected chi connectivity index (χ1v) is 7.69. The molecule has 0 saturated carbocycles. The Balaban J connectivity index is 1.90. The summed E-state index contributed by atoms with van der Waals surface area (Å²) in [7, 11) is 0. The van der Waals surface area contributed by atoms with E-state index in [4.69, 9.17) is 0 Å². The lowest BCUT2D eigenvalue weighted by Gasteiger charge is -2.22. The van der Waals surface area contributed by atoms with Gasteiger partial charge in [-0.3, -0.25) is 9.59 Å². The summed E-state index contributed by atoms with van der Waals surface area (Å²) in [6.07, 6.45) is 0.502. The molecule has 1 aliphatic rings. The molecule has 0 fully saturated rings. The number of carbonyl (C=O) groups is 2. The summed E-state index contributed by atoms with van der Waals surface area (Å²) >= 11 is 0. The molecule has 118 valence electrons. The van der Waals surface area contributed by atoms with Crippen molar-refractivity contribution in [2.75, 3.05) is 11.4 Å². The number of hydrogen-bond acceptors (Lipinski definition) is 3. The molecule has 0 saturated heterocycles. The second kappa shape index (κ2) is 5.97. The monoisotopic (exact) mass is 309 g/mol. The molecule has 1 aliphatic heterocycles. The first-order chi connectivity index (χ1) is 11.0. The number of rotatable bonds is 5. The van der Waals surface area contributed by atoms with Crippen LogP contribution in [0.1, 0.15) is 24.5 Å². The largest absolute Gasteiger partial charge is 0.375 e. The van der Waals surface area contributed by atoms with E-state index in [1.54, 1.807) is 17.0 Å². The number of carbonyl (C=O) groups excluding carboxylic acids is 2. The Bertz CT molecular complexity index is 741. The summed E-state index contributed by atoms with van der Waals surface area (Å²) in [4.78, 5) is 25.9. The van der Waals surface area contributed by atoms with Gasteiger partial charge in [0.2, 0.25) is 0 Å². The summed E-state index contributed by atoms with van der Waals surface area (Å²) in [5.41, 5.74) is 0.601. The first kappa shape index (κ1) is 15.4. The van der Waals surface area contributed by atoms with E-state index in [-0.39, 0.29) is 12.2 Å². The van der Waals surface area contributed by atoms with Gasteiger partial charge in [0, 0.05) is 18.5 Å². The van der Waals surface area contributed by atoms with Crippen molar-refractivity contribution in [1.29, 1.82) is 0 Å². The predicted octanol–water partition coefficient (Wildman–Crippen LogP) is 2.44. The molecule has 0 spiro atoms. The lowest BCUT2D eigenvalue weighted by molar-refractivity contribution is -0.141. The van der Waals surface area contributed by atoms with Crippen LogP contribution in [0.5, 0.6) is 0 Å². The van der Waals surface area contributed by atoms with Gasteiger partial charge in [0.05, 0.1) is 5.69 Å². The predicted molar refractivity (Wildman–Crippen MR) is 88.1 cm³/mol. The molecule has 0 aliphatic carbocycles. The number of amides is 1. The quantitative estimate of drug-likeness (QED) is 0.923. The van der Waals surface area contributed by atoms with Gasteiger partial charge >= 0.3 is 0 Å². The van der Waals surface area contributed by atoms with Crippen molar-refractivity contribution in [1.82, 2.24) is 0 Å². The Morgan fingerprint density at radius 1 is 1.09 bits per heavy atom. The lowest BCUT2D eigenvalue weighted by Crippen LogP contribution is -2.42. The van der Waals surface area contributed by atoms with Crippen molar-refractivity contribution in [3.05, 3.63) is 65.7 Å². The third kappa shape index (κ3) is 2.78. The maximum absolute atomic E-state index is 12.8. The molecule has 4 heteroatoms. The van der Waals surface area contributed by atoms with E-state index in [0.29, 0.717) is 24.2 Å². The highest BCUT2D eigenvalue weighted by Crippen LogP contribution is 2.42. The minimum atomic E-state index is -1.74. The third-order valence-electron chi connectivity index (χ3n) is 4.21. The lowest BCUT2D eigenvalue weighted by atomic mass is 9.90. The molecule has 1 atom stereocenters. The number of para-hydroxylation sites is 1. The van der Waals surface area contributed by atoms with E-state index in [1.165, 1.54) is 6.92 Å². The van der Waals surface area contributed by atoms with Gasteiger partial charge in [-0.05, 0) is 25.0 Å². The van der Waals surface area contributed by atoms with Crippen LogP contribution in [0.15, 0.2) is 54.6 Å². The van der Waals surface area contributed by atoms with E-state index in [9.17, 15) is 14.7 Å². The highest BCUT2D eigenvalue weighted by atomic mass is 16.3. The number of aliphatic hydroxyl groups is 1. The van der Waals surface area contributed by atoms with Crippen LogP contribution >= 0.6 is 0 Å². The van der Waals surface area contributed by atoms with E-state index >= 15 is 0 Å². The molecule has 4 nitrogen and oxygen atoms in total. The van der Waals surface area contributed by atoms with Crippen molar-refractivity contribution < 1.29 is 14.7 Å². The van der Waals surface area contributed by atoms with E-state index in [0.717, 1.165) is 5.56 Å². The number of nitrogens with zero attached hydrogens (tertiary/aromatic N) is 1. The summed E-state index contributed by atoms with van der Waals surface area (Å²) in [6, 6.07) is 17.0. The fourth-order valence-corrected chi connectivity index (χ4v) is 3.15. The molecule has 1 amide bonds. The molecule has 1 N–H and O–H groups in total. The topological polar surface area (TPSA) is 57.6 Å². The Morgan fingerprint density at radius 3 is 2.43 bits per heavy atom. The van der Waals surface area contributed by atoms with Gasteiger partial charge in [-0.15, -0.1) is 0 Å². The average molecular weight is 309 g/mol. The Morgan fingerprint density at radius 2 is 1.74 bits per heavy atom. The first-order valence-electron chi connectivity index (χ1n) is 7.69. The zero-order chi connectivity index (χ0) is 16.4. The molecule has 0 bridgehead atoms. The number of fused-ring (bicyclic) bond motifs is 1. The SMILES string of the molecule is CC(=O)CC1(O)C(=O)N(CCc2ccccc2)c2ccccc21. The van der Waals surface area contributed by atoms with Crippen molar-refractivity contribution >= 4 is 17.4 Å². The normalized spacial score (nSPS) is 19.7. The number of benzene rings is 2. The fraction of sp³-hybridized carbons (Fsp3) is 0.263. The van der Waals surface area contributed by atoms with Crippen LogP contribution in [-0.4, -0.2) is 23.3 Å². The van der Waals surface area contributed by atoms with Crippen molar-refractivity contribution in [2.45, 2.75) is 25.4 Å². The highest BCUT2D eigenvalue weighted by Gasteiger charge is 2.49. The molecule has 1 unspecified atom stereocenters. The summed E-state index contributed by atoms with van der Waals surface area (Å²) < 4.78 is 0. The van der Waals surface area contributed by atoms with Crippen LogP contribution in [0.25, 0.3) is 0 Å². The molecule has 1 heterocycles. The molecule has 3 rings (SSSR count). The van der Waals surface area contributed by atoms with Crippen molar-refractivity contribution in [3.63, 3.8) is 0 Å². The van der Waals surface area contributed by atoms with Gasteiger partial charge in [-0.1, -0.05) is 48.5 Å². The zero-order valence-electron chi connectivity index (χ0n) is 13.0. The zero-order valence-corrected chi connectivity index (χ0v) is 13.0. The molecule has 2 aromatic carbocycles. The van der Waals surface area contributed by atoms with Crippen LogP contribution in [0.2, 0.25) is 0 Å². The van der Waals surface area contributed by atoms with Crippen LogP contribution in [0, 0.1) is 0 Å². The third-order valence-corrected chi connectivity index (χ3v) is 4.21. The van der Waals surface area contributed by atoms with Gasteiger partial charge in [-0.2, -0.15) is 0 Å². The minimum absolute atomic E-state index is 0.190. The van der Waals surface area contributed by atoms with Crippen LogP contribution in [0.3, 0.4) is 0 Å². The summed E-state index contributed by atoms with van der Waals surface area (Å²) in [5.74, 6) is -0.620. The fourth-order valence-electron chi connectivity index (χ4n) is 3.15. The van der Waals surface area contributed by atoms with Gasteiger partial charge < -0.3 is 10.0 Å². The second-order valence-corrected chi connectivity index (χ2v) is 5.95. The average Bonchev–Trinajstić information content (AvgIpc) is 2.75. The van der Waals surface area contributed by atoms with Crippen molar-refractivity contribution in [2.24, 2.45) is 0 Å². The Labute approximate surface area is 135 Å². The smallest absolute Gasteiger partial charge is 0.264 e. The summed E-state index contributed by atoms with van der Waals surface area (Å²) in [5, 5.41) is 10.8. The number of ketones is 1.